The number of carbonyl (C=O) groups excluding carboxylic acids is 1. The van der Waals surface area contributed by atoms with E-state index in [1.165, 1.54) is 18.2 Å². The van der Waals surface area contributed by atoms with Crippen molar-refractivity contribution in [1.82, 2.24) is 4.31 Å². The standard InChI is InChI=1S/C30H26Cl2F2N2O7S3/c31-21-14-35(38)15-22(32)20(21)13-24(18-7-8-23(43-30(33)34)25(11-18)41-16-17-5-6-17)42-29(37)28-36(9-10-44-28)46(39,40)27-12-19-3-1-2-4-26(19)45-27/h1-4,7-8,11-12,14-15,17,24,28,30H,5-6,9-10,13,16H2. The molecule has 16 heteroatoms. The van der Waals surface area contributed by atoms with Crippen LogP contribution in [0.2, 0.25) is 10.0 Å². The Bertz CT molecular complexity index is 1820. The van der Waals surface area contributed by atoms with E-state index in [0.29, 0.717) is 22.0 Å². The number of rotatable bonds is 12. The van der Waals surface area contributed by atoms with Gasteiger partial charge in [-0.15, -0.1) is 23.1 Å². The van der Waals surface area contributed by atoms with Gasteiger partial charge in [-0.3, -0.25) is 0 Å². The smallest absolute Gasteiger partial charge is 0.387 e. The van der Waals surface area contributed by atoms with Crippen LogP contribution in [-0.4, -0.2) is 49.6 Å². The van der Waals surface area contributed by atoms with Crippen LogP contribution in [0.5, 0.6) is 11.5 Å². The fourth-order valence-corrected chi connectivity index (χ4v) is 10.1. The molecule has 46 heavy (non-hydrogen) atoms. The number of thiophene rings is 1. The van der Waals surface area contributed by atoms with Gasteiger partial charge in [0.15, 0.2) is 29.3 Å². The summed E-state index contributed by atoms with van der Waals surface area (Å²) in [5, 5.41) is 11.5. The lowest BCUT2D eigenvalue weighted by molar-refractivity contribution is -0.605. The number of fused-ring (bicyclic) bond motifs is 1. The van der Waals surface area contributed by atoms with Gasteiger partial charge in [0.05, 0.1) is 6.61 Å². The lowest BCUT2D eigenvalue weighted by Gasteiger charge is -2.25. The van der Waals surface area contributed by atoms with Crippen LogP contribution in [0.15, 0.2) is 65.1 Å². The summed E-state index contributed by atoms with van der Waals surface area (Å²) in [6, 6.07) is 13.0. The Morgan fingerprint density at radius 3 is 2.52 bits per heavy atom. The number of ether oxygens (including phenoxy) is 3. The summed E-state index contributed by atoms with van der Waals surface area (Å²) in [6.45, 7) is -2.72. The Labute approximate surface area is 281 Å². The molecule has 2 aromatic carbocycles. The second kappa shape index (κ2) is 13.7. The maximum Gasteiger partial charge on any atom is 0.387 e. The minimum Gasteiger partial charge on any atom is -0.619 e. The molecule has 0 radical (unpaired) electrons. The number of alkyl halides is 2. The number of nitrogens with zero attached hydrogens (tertiary/aromatic N) is 2. The molecular weight excluding hydrogens is 705 g/mol. The second-order valence-corrected chi connectivity index (χ2v) is 15.9. The zero-order valence-corrected chi connectivity index (χ0v) is 27.8. The van der Waals surface area contributed by atoms with Crippen molar-refractivity contribution in [3.8, 4) is 11.5 Å². The molecule has 1 saturated heterocycles. The van der Waals surface area contributed by atoms with Crippen LogP contribution < -0.4 is 14.2 Å². The number of thioether (sulfide) groups is 1. The van der Waals surface area contributed by atoms with Gasteiger partial charge in [-0.25, -0.2) is 13.2 Å². The van der Waals surface area contributed by atoms with Crippen LogP contribution in [0, 0.1) is 11.1 Å². The summed E-state index contributed by atoms with van der Waals surface area (Å²) in [6.07, 6.45) is 2.84. The third kappa shape index (κ3) is 7.32. The van der Waals surface area contributed by atoms with Crippen LogP contribution in [0.1, 0.15) is 30.1 Å². The molecule has 1 aliphatic heterocycles. The van der Waals surface area contributed by atoms with Crippen molar-refractivity contribution in [2.24, 2.45) is 5.92 Å². The summed E-state index contributed by atoms with van der Waals surface area (Å²) in [7, 11) is -4.06. The van der Waals surface area contributed by atoms with E-state index in [1.54, 1.807) is 6.07 Å². The summed E-state index contributed by atoms with van der Waals surface area (Å²) >= 11 is 14.9. The van der Waals surface area contributed by atoms with Crippen molar-refractivity contribution >= 4 is 72.4 Å². The van der Waals surface area contributed by atoms with Crippen molar-refractivity contribution in [3.05, 3.63) is 87.3 Å². The number of aromatic nitrogens is 1. The van der Waals surface area contributed by atoms with Crippen LogP contribution in [0.25, 0.3) is 10.1 Å². The molecule has 244 valence electrons. The van der Waals surface area contributed by atoms with Gasteiger partial charge < -0.3 is 19.4 Å². The molecule has 0 amide bonds. The molecule has 0 bridgehead atoms. The van der Waals surface area contributed by atoms with E-state index in [9.17, 15) is 27.2 Å². The van der Waals surface area contributed by atoms with Crippen molar-refractivity contribution in [3.63, 3.8) is 0 Å². The molecule has 1 saturated carbocycles. The number of hydrogen-bond acceptors (Lipinski definition) is 9. The lowest BCUT2D eigenvalue weighted by Crippen LogP contribution is -2.40. The molecule has 9 nitrogen and oxygen atoms in total. The molecule has 2 fully saturated rings. The van der Waals surface area contributed by atoms with Crippen molar-refractivity contribution in [2.45, 2.75) is 41.6 Å². The first-order valence-electron chi connectivity index (χ1n) is 14.1. The van der Waals surface area contributed by atoms with Gasteiger partial charge in [-0.2, -0.15) is 17.8 Å². The van der Waals surface area contributed by atoms with Crippen molar-refractivity contribution in [1.29, 1.82) is 0 Å². The van der Waals surface area contributed by atoms with E-state index in [1.807, 2.05) is 24.3 Å². The van der Waals surface area contributed by atoms with Crippen molar-refractivity contribution < 1.29 is 40.9 Å². The minimum absolute atomic E-state index is 0.00983. The average molecular weight is 732 g/mol. The zero-order valence-electron chi connectivity index (χ0n) is 23.8. The average Bonchev–Trinajstić information content (AvgIpc) is 3.50. The van der Waals surface area contributed by atoms with E-state index >= 15 is 0 Å². The Hall–Kier alpha value is -2.88. The molecule has 6 rings (SSSR count). The highest BCUT2D eigenvalue weighted by atomic mass is 35.5. The van der Waals surface area contributed by atoms with Gasteiger partial charge in [0.25, 0.3) is 10.0 Å². The highest BCUT2D eigenvalue weighted by Crippen LogP contribution is 2.40. The van der Waals surface area contributed by atoms with Gasteiger partial charge in [0.2, 0.25) is 0 Å². The number of esters is 1. The van der Waals surface area contributed by atoms with E-state index < -0.39 is 34.1 Å². The van der Waals surface area contributed by atoms with E-state index in [2.05, 4.69) is 4.74 Å². The molecule has 3 heterocycles. The van der Waals surface area contributed by atoms with Gasteiger partial charge in [0, 0.05) is 29.0 Å². The molecule has 1 aliphatic carbocycles. The molecule has 2 aliphatic rings. The number of sulfonamides is 1. The molecular formula is C30H26Cl2F2N2O7S3. The van der Waals surface area contributed by atoms with Crippen LogP contribution in [0.3, 0.4) is 0 Å². The number of halogens is 4. The quantitative estimate of drug-likeness (QED) is 0.0888. The molecule has 0 N–H and O–H groups in total. The molecule has 2 atom stereocenters. The number of carbonyl (C=O) groups is 1. The first-order valence-corrected chi connectivity index (χ1v) is 18.2. The van der Waals surface area contributed by atoms with Gasteiger partial charge in [0.1, 0.15) is 20.4 Å². The zero-order chi connectivity index (χ0) is 32.6. The number of benzene rings is 2. The maximum atomic E-state index is 13.8. The summed E-state index contributed by atoms with van der Waals surface area (Å²) in [5.41, 5.74) is 0.615. The normalized spacial score (nSPS) is 17.8. The van der Waals surface area contributed by atoms with E-state index in [-0.39, 0.29) is 50.9 Å². The van der Waals surface area contributed by atoms with Crippen LogP contribution in [0.4, 0.5) is 8.78 Å². The summed E-state index contributed by atoms with van der Waals surface area (Å²) in [5.74, 6) is -0.358. The fourth-order valence-electron chi connectivity index (χ4n) is 4.95. The third-order valence-electron chi connectivity index (χ3n) is 7.45. The molecule has 4 aromatic rings. The highest BCUT2D eigenvalue weighted by molar-refractivity contribution is 8.02. The van der Waals surface area contributed by atoms with Crippen molar-refractivity contribution in [2.75, 3.05) is 18.9 Å². The molecule has 0 spiro atoms. The van der Waals surface area contributed by atoms with E-state index in [4.69, 9.17) is 32.7 Å². The topological polar surface area (TPSA) is 109 Å². The summed E-state index contributed by atoms with van der Waals surface area (Å²) in [4.78, 5) is 13.8. The van der Waals surface area contributed by atoms with Gasteiger partial charge >= 0.3 is 12.6 Å². The second-order valence-electron chi connectivity index (χ2n) is 10.7. The predicted molar refractivity (Wildman–Crippen MR) is 171 cm³/mol. The fraction of sp³-hybridized carbons (Fsp3) is 0.333. The highest BCUT2D eigenvalue weighted by Gasteiger charge is 2.43. The third-order valence-corrected chi connectivity index (χ3v) is 12.8. The molecule has 2 unspecified atom stereocenters. The monoisotopic (exact) mass is 730 g/mol. The first-order chi connectivity index (χ1) is 22.0. The SMILES string of the molecule is O=C(OC(Cc1c(Cl)c[n+]([O-])cc1Cl)c1ccc(OC(F)F)c(OCC2CC2)c1)C1SCCN1S(=O)(=O)c1cc2ccccc2s1. The van der Waals surface area contributed by atoms with Crippen LogP contribution >= 0.6 is 46.3 Å². The Kier molecular flexibility index (Phi) is 9.83. The lowest BCUT2D eigenvalue weighted by atomic mass is 10.0. The Balaban J connectivity index is 1.32. The Morgan fingerprint density at radius 2 is 1.83 bits per heavy atom. The van der Waals surface area contributed by atoms with Crippen LogP contribution in [-0.2, 0) is 26.0 Å². The Morgan fingerprint density at radius 1 is 1.09 bits per heavy atom. The summed E-state index contributed by atoms with van der Waals surface area (Å²) < 4.78 is 72.8. The maximum absolute atomic E-state index is 13.8. The molecule has 2 aromatic heterocycles. The van der Waals surface area contributed by atoms with Gasteiger partial charge in [-0.05, 0) is 54.0 Å². The van der Waals surface area contributed by atoms with E-state index in [0.717, 1.165) is 62.7 Å². The first kappa shape index (κ1) is 33.0. The largest absolute Gasteiger partial charge is 0.619 e. The predicted octanol–water partition coefficient (Wildman–Crippen LogP) is 6.82. The number of pyridine rings is 1. The number of hydrogen-bond donors (Lipinski definition) is 0. The van der Waals surface area contributed by atoms with Gasteiger partial charge in [-0.1, -0.05) is 47.5 Å². The minimum atomic E-state index is -4.06.